The Balaban J connectivity index is 0.00000121. The van der Waals surface area contributed by atoms with Crippen molar-refractivity contribution in [3.63, 3.8) is 0 Å². The number of hydrogen-bond donors (Lipinski definition) is 3. The molecule has 1 aromatic heterocycles. The van der Waals surface area contributed by atoms with Crippen molar-refractivity contribution in [1.29, 1.82) is 0 Å². The third kappa shape index (κ3) is 4.97. The van der Waals surface area contributed by atoms with Crippen molar-refractivity contribution < 1.29 is 4.79 Å². The number of hydrogen-bond acceptors (Lipinski definition) is 3. The van der Waals surface area contributed by atoms with Gasteiger partial charge in [-0.1, -0.05) is 24.3 Å². The zero-order valence-corrected chi connectivity index (χ0v) is 15.8. The molecular formula is C19H22Cl2N4O. The average molecular weight is 393 g/mol. The third-order valence-electron chi connectivity index (χ3n) is 4.22. The van der Waals surface area contributed by atoms with E-state index in [0.29, 0.717) is 6.54 Å². The molecule has 7 heteroatoms. The smallest absolute Gasteiger partial charge is 0.238 e. The van der Waals surface area contributed by atoms with Crippen LogP contribution >= 0.6 is 24.8 Å². The molecule has 1 aliphatic carbocycles. The molecule has 3 N–H and O–H groups in total. The molecule has 0 radical (unpaired) electrons. The van der Waals surface area contributed by atoms with Gasteiger partial charge >= 0.3 is 0 Å². The number of fused-ring (bicyclic) bond motifs is 1. The number of rotatable bonds is 6. The first-order valence-corrected chi connectivity index (χ1v) is 8.34. The molecule has 0 spiro atoms. The number of nitrogens with zero attached hydrogens (tertiary/aromatic N) is 1. The Morgan fingerprint density at radius 1 is 1.12 bits per heavy atom. The Kier molecular flexibility index (Phi) is 7.03. The molecule has 0 unspecified atom stereocenters. The molecule has 0 aliphatic heterocycles. The normalized spacial score (nSPS) is 12.9. The summed E-state index contributed by atoms with van der Waals surface area (Å²) in [4.78, 5) is 19.9. The first-order valence-electron chi connectivity index (χ1n) is 8.34. The summed E-state index contributed by atoms with van der Waals surface area (Å²) in [6.07, 6.45) is 2.57. The van der Waals surface area contributed by atoms with Crippen LogP contribution in [-0.4, -0.2) is 29.0 Å². The second-order valence-electron chi connectivity index (χ2n) is 6.31. The number of H-pyrrole nitrogens is 1. The van der Waals surface area contributed by atoms with Crippen LogP contribution in [0.15, 0.2) is 48.5 Å². The summed E-state index contributed by atoms with van der Waals surface area (Å²) in [6, 6.07) is 15.7. The van der Waals surface area contributed by atoms with Gasteiger partial charge in [-0.05, 0) is 49.6 Å². The molecule has 1 aliphatic rings. The third-order valence-corrected chi connectivity index (χ3v) is 4.22. The van der Waals surface area contributed by atoms with Crippen LogP contribution < -0.4 is 10.6 Å². The summed E-state index contributed by atoms with van der Waals surface area (Å²) in [7, 11) is 0. The van der Waals surface area contributed by atoms with Gasteiger partial charge in [0.2, 0.25) is 5.91 Å². The number of anilines is 1. The van der Waals surface area contributed by atoms with Crippen molar-refractivity contribution in [2.24, 2.45) is 5.92 Å². The van der Waals surface area contributed by atoms with Gasteiger partial charge in [0.05, 0.1) is 17.6 Å². The standard InChI is InChI=1S/C19H20N4O.2ClH/c24-18(12-20-11-13-8-9-13)21-15-5-3-4-14(10-15)19-22-16-6-1-2-7-17(16)23-19;;/h1-7,10,13,20H,8-9,11-12H2,(H,21,24)(H,22,23);2*1H. The van der Waals surface area contributed by atoms with Crippen molar-refractivity contribution in [2.45, 2.75) is 12.8 Å². The summed E-state index contributed by atoms with van der Waals surface area (Å²) in [5, 5.41) is 6.14. The van der Waals surface area contributed by atoms with Gasteiger partial charge in [0.1, 0.15) is 5.82 Å². The van der Waals surface area contributed by atoms with Crippen LogP contribution in [0.3, 0.4) is 0 Å². The highest BCUT2D eigenvalue weighted by molar-refractivity contribution is 5.93. The van der Waals surface area contributed by atoms with E-state index < -0.39 is 0 Å². The highest BCUT2D eigenvalue weighted by Gasteiger charge is 2.20. The molecule has 1 amide bonds. The van der Waals surface area contributed by atoms with Gasteiger partial charge in [-0.3, -0.25) is 4.79 Å². The number of carbonyl (C=O) groups excluding carboxylic acids is 1. The zero-order chi connectivity index (χ0) is 16.4. The molecular weight excluding hydrogens is 371 g/mol. The number of aromatic nitrogens is 2. The molecule has 3 aromatic rings. The molecule has 4 rings (SSSR count). The molecule has 1 fully saturated rings. The SMILES string of the molecule is Cl.Cl.O=C(CNCC1CC1)Nc1cccc(-c2nc3ccccc3[nH]2)c1. The quantitative estimate of drug-likeness (QED) is 0.593. The van der Waals surface area contributed by atoms with Gasteiger partial charge < -0.3 is 15.6 Å². The minimum absolute atomic E-state index is 0. The van der Waals surface area contributed by atoms with Crippen LogP contribution in [0.4, 0.5) is 5.69 Å². The van der Waals surface area contributed by atoms with Gasteiger partial charge in [0.25, 0.3) is 0 Å². The number of amides is 1. The van der Waals surface area contributed by atoms with E-state index >= 15 is 0 Å². The van der Waals surface area contributed by atoms with E-state index in [-0.39, 0.29) is 30.7 Å². The van der Waals surface area contributed by atoms with Gasteiger partial charge in [-0.2, -0.15) is 0 Å². The van der Waals surface area contributed by atoms with Crippen LogP contribution in [-0.2, 0) is 4.79 Å². The summed E-state index contributed by atoms with van der Waals surface area (Å²) in [5.74, 6) is 1.56. The zero-order valence-electron chi connectivity index (χ0n) is 14.2. The number of halogens is 2. The lowest BCUT2D eigenvalue weighted by Gasteiger charge is -2.07. The van der Waals surface area contributed by atoms with Crippen molar-refractivity contribution in [2.75, 3.05) is 18.4 Å². The highest BCUT2D eigenvalue weighted by atomic mass is 35.5. The van der Waals surface area contributed by atoms with E-state index in [1.54, 1.807) is 0 Å². The Morgan fingerprint density at radius 2 is 1.92 bits per heavy atom. The van der Waals surface area contributed by atoms with Crippen LogP contribution in [0, 0.1) is 5.92 Å². The van der Waals surface area contributed by atoms with E-state index in [9.17, 15) is 4.79 Å². The highest BCUT2D eigenvalue weighted by Crippen LogP contribution is 2.27. The predicted molar refractivity (Wildman–Crippen MR) is 110 cm³/mol. The molecule has 5 nitrogen and oxygen atoms in total. The van der Waals surface area contributed by atoms with Gasteiger partial charge in [0.15, 0.2) is 0 Å². The fourth-order valence-electron chi connectivity index (χ4n) is 2.75. The molecule has 1 saturated carbocycles. The van der Waals surface area contributed by atoms with E-state index in [1.807, 2.05) is 48.5 Å². The van der Waals surface area contributed by atoms with Crippen LogP contribution in [0.1, 0.15) is 12.8 Å². The first kappa shape index (κ1) is 20.2. The van der Waals surface area contributed by atoms with Gasteiger partial charge in [-0.25, -0.2) is 4.98 Å². The number of imidazole rings is 1. The predicted octanol–water partition coefficient (Wildman–Crippen LogP) is 4.01. The van der Waals surface area contributed by atoms with Crippen molar-refractivity contribution in [1.82, 2.24) is 15.3 Å². The lowest BCUT2D eigenvalue weighted by molar-refractivity contribution is -0.115. The number of nitrogens with one attached hydrogen (secondary N) is 3. The Hall–Kier alpha value is -2.08. The molecule has 0 atom stereocenters. The lowest BCUT2D eigenvalue weighted by atomic mass is 10.2. The fraction of sp³-hybridized carbons (Fsp3) is 0.263. The largest absolute Gasteiger partial charge is 0.338 e. The summed E-state index contributed by atoms with van der Waals surface area (Å²) < 4.78 is 0. The minimum Gasteiger partial charge on any atom is -0.338 e. The molecule has 2 aromatic carbocycles. The summed E-state index contributed by atoms with van der Waals surface area (Å²) >= 11 is 0. The van der Waals surface area contributed by atoms with E-state index in [2.05, 4.69) is 20.6 Å². The first-order chi connectivity index (χ1) is 11.8. The number of benzene rings is 2. The van der Waals surface area contributed by atoms with Crippen LogP contribution in [0.5, 0.6) is 0 Å². The maximum atomic E-state index is 12.0. The summed E-state index contributed by atoms with van der Waals surface area (Å²) in [6.45, 7) is 1.29. The molecule has 0 bridgehead atoms. The number of aromatic amines is 1. The van der Waals surface area contributed by atoms with E-state index in [1.165, 1.54) is 12.8 Å². The Labute approximate surface area is 164 Å². The Morgan fingerprint density at radius 3 is 2.69 bits per heavy atom. The molecule has 1 heterocycles. The van der Waals surface area contributed by atoms with Crippen LogP contribution in [0.25, 0.3) is 22.4 Å². The van der Waals surface area contributed by atoms with Crippen molar-refractivity contribution in [3.05, 3.63) is 48.5 Å². The Bertz CT molecular complexity index is 844. The fourth-order valence-corrected chi connectivity index (χ4v) is 2.75. The number of para-hydroxylation sites is 2. The van der Waals surface area contributed by atoms with Crippen molar-refractivity contribution >= 4 is 47.4 Å². The maximum absolute atomic E-state index is 12.0. The molecule has 26 heavy (non-hydrogen) atoms. The number of carbonyl (C=O) groups is 1. The van der Waals surface area contributed by atoms with Crippen molar-refractivity contribution in [3.8, 4) is 11.4 Å². The monoisotopic (exact) mass is 392 g/mol. The van der Waals surface area contributed by atoms with Gasteiger partial charge in [-0.15, -0.1) is 24.8 Å². The minimum atomic E-state index is -0.0163. The maximum Gasteiger partial charge on any atom is 0.238 e. The topological polar surface area (TPSA) is 69.8 Å². The van der Waals surface area contributed by atoms with E-state index in [4.69, 9.17) is 0 Å². The van der Waals surface area contributed by atoms with E-state index in [0.717, 1.165) is 40.6 Å². The lowest BCUT2D eigenvalue weighted by Crippen LogP contribution is -2.29. The second kappa shape index (κ2) is 9.03. The van der Waals surface area contributed by atoms with Crippen LogP contribution in [0.2, 0.25) is 0 Å². The van der Waals surface area contributed by atoms with Gasteiger partial charge in [0, 0.05) is 11.3 Å². The summed E-state index contributed by atoms with van der Waals surface area (Å²) in [5.41, 5.74) is 3.68. The second-order valence-corrected chi connectivity index (χ2v) is 6.31. The average Bonchev–Trinajstić information content (AvgIpc) is 3.31. The molecule has 138 valence electrons. The molecule has 0 saturated heterocycles.